The van der Waals surface area contributed by atoms with Crippen LogP contribution in [0.3, 0.4) is 0 Å². The second kappa shape index (κ2) is 6.44. The number of hydrogen-bond acceptors (Lipinski definition) is 2. The Morgan fingerprint density at radius 3 is 2.50 bits per heavy atom. The van der Waals surface area contributed by atoms with Gasteiger partial charge in [0.2, 0.25) is 0 Å². The smallest absolute Gasteiger partial charge is 0.0744 e. The lowest BCUT2D eigenvalue weighted by atomic mass is 9.46. The lowest BCUT2D eigenvalue weighted by molar-refractivity contribution is -0.124. The van der Waals surface area contributed by atoms with E-state index in [1.807, 2.05) is 0 Å². The van der Waals surface area contributed by atoms with Gasteiger partial charge in [0.1, 0.15) is 0 Å². The Balaban J connectivity index is 1.44. The highest BCUT2D eigenvalue weighted by molar-refractivity contribution is 5.27. The predicted molar refractivity (Wildman–Crippen MR) is 113 cm³/mol. The number of hydrogen-bond donors (Lipinski definition) is 2. The fourth-order valence-electron chi connectivity index (χ4n) is 7.98. The van der Waals surface area contributed by atoms with E-state index in [0.29, 0.717) is 11.8 Å². The molecule has 7 atom stereocenters. The molecule has 0 radical (unpaired) electrons. The Bertz CT molecular complexity index is 770. The lowest BCUT2D eigenvalue weighted by Crippen LogP contribution is -2.55. The van der Waals surface area contributed by atoms with Crippen LogP contribution in [0.2, 0.25) is 0 Å². The molecule has 0 heterocycles. The number of aliphatic hydroxyl groups is 2. The van der Waals surface area contributed by atoms with Gasteiger partial charge in [-0.2, -0.15) is 0 Å². The molecule has 0 bridgehead atoms. The first-order chi connectivity index (χ1) is 13.4. The molecule has 2 N–H and O–H groups in total. The average Bonchev–Trinajstić information content (AvgIpc) is 2.94. The van der Waals surface area contributed by atoms with Crippen LogP contribution in [-0.2, 0) is 6.42 Å². The molecular formula is C26H36O2. The zero-order chi connectivity index (χ0) is 19.6. The number of benzene rings is 1. The first-order valence-electron chi connectivity index (χ1n) is 11.5. The first-order valence-corrected chi connectivity index (χ1v) is 11.5. The van der Waals surface area contributed by atoms with Crippen LogP contribution in [0.15, 0.2) is 42.0 Å². The van der Waals surface area contributed by atoms with Gasteiger partial charge in [0.05, 0.1) is 11.7 Å². The van der Waals surface area contributed by atoms with Crippen LogP contribution in [0.1, 0.15) is 70.8 Å². The van der Waals surface area contributed by atoms with Crippen LogP contribution < -0.4 is 0 Å². The van der Waals surface area contributed by atoms with Gasteiger partial charge in [-0.25, -0.2) is 0 Å². The van der Waals surface area contributed by atoms with E-state index in [0.717, 1.165) is 50.9 Å². The molecule has 1 aromatic rings. The summed E-state index contributed by atoms with van der Waals surface area (Å²) in [5.41, 5.74) is 2.54. The second-order valence-electron chi connectivity index (χ2n) is 10.8. The second-order valence-corrected chi connectivity index (χ2v) is 10.8. The van der Waals surface area contributed by atoms with Gasteiger partial charge in [0, 0.05) is 6.42 Å². The highest BCUT2D eigenvalue weighted by Gasteiger charge is 2.63. The molecule has 3 saturated carbocycles. The van der Waals surface area contributed by atoms with E-state index in [9.17, 15) is 10.2 Å². The molecule has 0 amide bonds. The molecule has 3 unspecified atom stereocenters. The van der Waals surface area contributed by atoms with Gasteiger partial charge in [-0.3, -0.25) is 0 Å². The molecule has 28 heavy (non-hydrogen) atoms. The molecule has 4 aliphatic rings. The van der Waals surface area contributed by atoms with Crippen molar-refractivity contribution in [2.45, 2.75) is 83.3 Å². The Labute approximate surface area is 170 Å². The fraction of sp³-hybridized carbons (Fsp3) is 0.692. The Morgan fingerprint density at radius 1 is 0.964 bits per heavy atom. The molecule has 2 nitrogen and oxygen atoms in total. The van der Waals surface area contributed by atoms with Gasteiger partial charge in [0.25, 0.3) is 0 Å². The normalized spacial score (nSPS) is 47.6. The van der Waals surface area contributed by atoms with E-state index in [4.69, 9.17) is 0 Å². The molecule has 5 rings (SSSR count). The van der Waals surface area contributed by atoms with Crippen molar-refractivity contribution in [2.24, 2.45) is 28.6 Å². The highest BCUT2D eigenvalue weighted by Crippen LogP contribution is 2.67. The van der Waals surface area contributed by atoms with E-state index in [2.05, 4.69) is 50.3 Å². The number of aliphatic hydroxyl groups excluding tert-OH is 1. The van der Waals surface area contributed by atoms with Crippen molar-refractivity contribution in [3.05, 3.63) is 47.5 Å². The summed E-state index contributed by atoms with van der Waals surface area (Å²) < 4.78 is 0. The summed E-state index contributed by atoms with van der Waals surface area (Å²) in [7, 11) is 0. The van der Waals surface area contributed by atoms with Crippen LogP contribution in [0.25, 0.3) is 0 Å². The van der Waals surface area contributed by atoms with Crippen LogP contribution in [0.4, 0.5) is 0 Å². The third-order valence-corrected chi connectivity index (χ3v) is 9.74. The van der Waals surface area contributed by atoms with Gasteiger partial charge in [0.15, 0.2) is 0 Å². The minimum Gasteiger partial charge on any atom is -0.393 e. The van der Waals surface area contributed by atoms with Gasteiger partial charge in [-0.15, -0.1) is 0 Å². The molecule has 1 aromatic carbocycles. The number of rotatable bonds is 2. The topological polar surface area (TPSA) is 40.5 Å². The standard InChI is InChI=1S/C26H36O2/c1-24-13-10-20(27)16-19(24)8-9-21-22(24)11-14-25(2)23(21)12-15-26(25,28)17-18-6-4-3-5-7-18/h3-8,20-23,27-28H,9-17H2,1-2H3/t20-,21?,22?,23?,24-,25-,26+/m0/s1. The maximum Gasteiger partial charge on any atom is 0.0744 e. The lowest BCUT2D eigenvalue weighted by Gasteiger charge is -2.59. The zero-order valence-electron chi connectivity index (χ0n) is 17.5. The van der Waals surface area contributed by atoms with Crippen molar-refractivity contribution in [3.8, 4) is 0 Å². The summed E-state index contributed by atoms with van der Waals surface area (Å²) in [6.45, 7) is 4.88. The van der Waals surface area contributed by atoms with E-state index in [1.54, 1.807) is 0 Å². The van der Waals surface area contributed by atoms with Crippen LogP contribution in [0.5, 0.6) is 0 Å². The van der Waals surface area contributed by atoms with Crippen LogP contribution in [0, 0.1) is 28.6 Å². The average molecular weight is 381 g/mol. The molecule has 2 heteroatoms. The van der Waals surface area contributed by atoms with Crippen molar-refractivity contribution in [2.75, 3.05) is 0 Å². The Morgan fingerprint density at radius 2 is 1.71 bits per heavy atom. The van der Waals surface area contributed by atoms with Crippen molar-refractivity contribution < 1.29 is 10.2 Å². The minimum absolute atomic E-state index is 0.0277. The molecule has 0 spiro atoms. The minimum atomic E-state index is -0.572. The van der Waals surface area contributed by atoms with Crippen LogP contribution >= 0.6 is 0 Å². The summed E-state index contributed by atoms with van der Waals surface area (Å²) in [5, 5.41) is 22.1. The molecule has 3 fully saturated rings. The maximum absolute atomic E-state index is 11.9. The first kappa shape index (κ1) is 18.9. The Hall–Kier alpha value is -1.12. The summed E-state index contributed by atoms with van der Waals surface area (Å²) in [6.07, 6.45) is 11.8. The molecule has 152 valence electrons. The third-order valence-electron chi connectivity index (χ3n) is 9.74. The third kappa shape index (κ3) is 2.60. The maximum atomic E-state index is 11.9. The molecule has 0 saturated heterocycles. The summed E-state index contributed by atoms with van der Waals surface area (Å²) >= 11 is 0. The van der Waals surface area contributed by atoms with Gasteiger partial charge in [-0.1, -0.05) is 55.8 Å². The highest BCUT2D eigenvalue weighted by atomic mass is 16.3. The largest absolute Gasteiger partial charge is 0.393 e. The molecule has 0 aliphatic heterocycles. The van der Waals surface area contributed by atoms with Gasteiger partial charge >= 0.3 is 0 Å². The van der Waals surface area contributed by atoms with Crippen LogP contribution in [-0.4, -0.2) is 21.9 Å². The van der Waals surface area contributed by atoms with Crippen molar-refractivity contribution >= 4 is 0 Å². The number of allylic oxidation sites excluding steroid dienone is 1. The van der Waals surface area contributed by atoms with Crippen molar-refractivity contribution in [1.29, 1.82) is 0 Å². The zero-order valence-corrected chi connectivity index (χ0v) is 17.5. The van der Waals surface area contributed by atoms with E-state index >= 15 is 0 Å². The van der Waals surface area contributed by atoms with Gasteiger partial charge in [-0.05, 0) is 85.5 Å². The van der Waals surface area contributed by atoms with Crippen molar-refractivity contribution in [1.82, 2.24) is 0 Å². The van der Waals surface area contributed by atoms with Gasteiger partial charge < -0.3 is 10.2 Å². The Kier molecular flexibility index (Phi) is 4.34. The monoisotopic (exact) mass is 380 g/mol. The summed E-state index contributed by atoms with van der Waals surface area (Å²) in [5.74, 6) is 2.06. The summed E-state index contributed by atoms with van der Waals surface area (Å²) in [6, 6.07) is 10.6. The fourth-order valence-corrected chi connectivity index (χ4v) is 7.98. The molecular weight excluding hydrogens is 344 g/mol. The molecule has 0 aromatic heterocycles. The van der Waals surface area contributed by atoms with E-state index in [1.165, 1.54) is 24.0 Å². The summed E-state index contributed by atoms with van der Waals surface area (Å²) in [4.78, 5) is 0. The van der Waals surface area contributed by atoms with E-state index < -0.39 is 5.60 Å². The molecule has 4 aliphatic carbocycles. The van der Waals surface area contributed by atoms with E-state index in [-0.39, 0.29) is 16.9 Å². The SMILES string of the molecule is C[C@]12CC[C@H](O)CC1=CCC1C2CC[C@@]2(C)C1CC[C@@]2(O)Cc1ccccc1. The van der Waals surface area contributed by atoms with Crippen molar-refractivity contribution in [3.63, 3.8) is 0 Å². The number of fused-ring (bicyclic) bond motifs is 5. The predicted octanol–water partition coefficient (Wildman–Crippen LogP) is 5.28. The quantitative estimate of drug-likeness (QED) is 0.685.